The van der Waals surface area contributed by atoms with Gasteiger partial charge < -0.3 is 29.4 Å². The average Bonchev–Trinajstić information content (AvgIpc) is 3.43. The summed E-state index contributed by atoms with van der Waals surface area (Å²) in [6.07, 6.45) is 6.56. The molecule has 37 heavy (non-hydrogen) atoms. The van der Waals surface area contributed by atoms with Crippen LogP contribution in [0.3, 0.4) is 0 Å². The van der Waals surface area contributed by atoms with E-state index in [0.717, 1.165) is 38.5 Å². The van der Waals surface area contributed by atoms with E-state index in [2.05, 4.69) is 22.4 Å². The molecule has 1 aromatic carbocycles. The number of amides is 1. The van der Waals surface area contributed by atoms with Crippen molar-refractivity contribution in [2.45, 2.75) is 69.8 Å². The number of ether oxygens (including phenoxy) is 4. The van der Waals surface area contributed by atoms with Gasteiger partial charge in [-0.2, -0.15) is 0 Å². The van der Waals surface area contributed by atoms with Crippen LogP contribution in [-0.4, -0.2) is 66.6 Å². The summed E-state index contributed by atoms with van der Waals surface area (Å²) in [6.45, 7) is 2.13. The van der Waals surface area contributed by atoms with Crippen LogP contribution in [0.25, 0.3) is 0 Å². The zero-order valence-electron chi connectivity index (χ0n) is 21.4. The van der Waals surface area contributed by atoms with Gasteiger partial charge >= 0.3 is 5.97 Å². The summed E-state index contributed by atoms with van der Waals surface area (Å²) < 4.78 is 23.4. The lowest BCUT2D eigenvalue weighted by molar-refractivity contribution is -0.164. The lowest BCUT2D eigenvalue weighted by Crippen LogP contribution is -2.46. The molecule has 1 amide bonds. The Kier molecular flexibility index (Phi) is 9.35. The zero-order valence-corrected chi connectivity index (χ0v) is 21.4. The molecule has 2 aromatic rings. The Bertz CT molecular complexity index is 1040. The number of nitrogens with one attached hydrogen (secondary N) is 1. The number of carbonyl (C=O) groups excluding carboxylic acids is 2. The summed E-state index contributed by atoms with van der Waals surface area (Å²) in [5, 5.41) is 12.9. The number of methoxy groups -OCH3 is 1. The van der Waals surface area contributed by atoms with Gasteiger partial charge in [0, 0.05) is 18.2 Å². The molecule has 4 rings (SSSR count). The van der Waals surface area contributed by atoms with Crippen LogP contribution >= 0.6 is 0 Å². The summed E-state index contributed by atoms with van der Waals surface area (Å²) >= 11 is 0. The number of aromatic hydroxyl groups is 1. The number of rotatable bonds is 8. The fourth-order valence-electron chi connectivity index (χ4n) is 5.02. The fraction of sp³-hybridized carbons (Fsp3) is 0.536. The molecule has 1 aliphatic heterocycles. The molecule has 0 radical (unpaired) electrons. The van der Waals surface area contributed by atoms with Gasteiger partial charge in [-0.05, 0) is 38.2 Å². The van der Waals surface area contributed by atoms with Crippen LogP contribution in [0.15, 0.2) is 42.6 Å². The highest BCUT2D eigenvalue weighted by Crippen LogP contribution is 2.30. The van der Waals surface area contributed by atoms with E-state index in [-0.39, 0.29) is 36.2 Å². The first-order chi connectivity index (χ1) is 18.0. The summed E-state index contributed by atoms with van der Waals surface area (Å²) in [5.74, 6) is -1.64. The second-order valence-electron chi connectivity index (χ2n) is 9.71. The Morgan fingerprint density at radius 1 is 1.16 bits per heavy atom. The molecule has 2 N–H and O–H groups in total. The van der Waals surface area contributed by atoms with Gasteiger partial charge in [-0.25, -0.2) is 9.78 Å². The maximum absolute atomic E-state index is 13.1. The van der Waals surface area contributed by atoms with Crippen molar-refractivity contribution < 1.29 is 33.6 Å². The van der Waals surface area contributed by atoms with Crippen molar-refractivity contribution in [2.24, 2.45) is 5.92 Å². The van der Waals surface area contributed by atoms with Crippen LogP contribution in [0.4, 0.5) is 0 Å². The summed E-state index contributed by atoms with van der Waals surface area (Å²) in [4.78, 5) is 29.9. The predicted molar refractivity (Wildman–Crippen MR) is 135 cm³/mol. The smallest absolute Gasteiger partial charge is 0.331 e. The van der Waals surface area contributed by atoms with Crippen LogP contribution < -0.4 is 10.1 Å². The first kappa shape index (κ1) is 26.9. The van der Waals surface area contributed by atoms with E-state index in [0.29, 0.717) is 6.61 Å². The maximum atomic E-state index is 13.1. The average molecular weight is 513 g/mol. The Hall–Kier alpha value is -3.17. The zero-order chi connectivity index (χ0) is 26.2. The Morgan fingerprint density at radius 2 is 1.92 bits per heavy atom. The molecule has 2 aliphatic rings. The first-order valence-corrected chi connectivity index (χ1v) is 13.0. The molecule has 1 saturated carbocycles. The van der Waals surface area contributed by atoms with E-state index in [1.165, 1.54) is 24.9 Å². The van der Waals surface area contributed by atoms with Crippen LogP contribution in [0.1, 0.15) is 55.1 Å². The molecule has 0 bridgehead atoms. The monoisotopic (exact) mass is 512 g/mol. The lowest BCUT2D eigenvalue weighted by atomic mass is 9.91. The van der Waals surface area contributed by atoms with Gasteiger partial charge in [-0.15, -0.1) is 0 Å². The van der Waals surface area contributed by atoms with Gasteiger partial charge in [0.1, 0.15) is 6.10 Å². The van der Waals surface area contributed by atoms with Crippen molar-refractivity contribution in [2.75, 3.05) is 20.3 Å². The van der Waals surface area contributed by atoms with Crippen LogP contribution in [-0.2, 0) is 25.4 Å². The molecule has 2 fully saturated rings. The van der Waals surface area contributed by atoms with Crippen molar-refractivity contribution in [3.8, 4) is 11.5 Å². The van der Waals surface area contributed by atoms with E-state index < -0.39 is 29.8 Å². The van der Waals surface area contributed by atoms with E-state index >= 15 is 0 Å². The fourth-order valence-corrected chi connectivity index (χ4v) is 5.02. The summed E-state index contributed by atoms with van der Waals surface area (Å²) in [6, 6.07) is 10.6. The second kappa shape index (κ2) is 12.9. The largest absolute Gasteiger partial charge is 0.503 e. The number of hydrogen-bond acceptors (Lipinski definition) is 8. The van der Waals surface area contributed by atoms with Crippen molar-refractivity contribution >= 4 is 11.9 Å². The van der Waals surface area contributed by atoms with Gasteiger partial charge in [0.2, 0.25) is 0 Å². The molecular weight excluding hydrogens is 476 g/mol. The Balaban J connectivity index is 1.48. The third-order valence-electron chi connectivity index (χ3n) is 7.06. The molecule has 1 aliphatic carbocycles. The van der Waals surface area contributed by atoms with Crippen LogP contribution in [0.5, 0.6) is 11.5 Å². The minimum absolute atomic E-state index is 0.00199. The topological polar surface area (TPSA) is 116 Å². The second-order valence-corrected chi connectivity index (χ2v) is 9.71. The van der Waals surface area contributed by atoms with Crippen molar-refractivity contribution in [1.82, 2.24) is 10.3 Å². The van der Waals surface area contributed by atoms with Gasteiger partial charge in [-0.3, -0.25) is 4.79 Å². The van der Waals surface area contributed by atoms with E-state index in [9.17, 15) is 14.7 Å². The van der Waals surface area contributed by atoms with E-state index in [1.807, 2.05) is 25.1 Å². The van der Waals surface area contributed by atoms with Gasteiger partial charge in [0.05, 0.1) is 32.5 Å². The standard InChI is InChI=1S/C28H36N2O7/c1-18-26(37-21-10-6-7-11-21)20(13-12-19-8-4-3-5-9-19)16-35-17-22(28(33)36-18)30-27(32)24-25(31)23(34-2)14-15-29-24/h3-5,8-9,14-15,18,20-22,26,31H,6-7,10-13,16-17H2,1-2H3,(H,30,32)/t18-,20-,22-,26-/m0/s1. The lowest BCUT2D eigenvalue weighted by Gasteiger charge is -2.33. The third-order valence-corrected chi connectivity index (χ3v) is 7.06. The molecule has 9 nitrogen and oxygen atoms in total. The predicted octanol–water partition coefficient (Wildman–Crippen LogP) is 3.43. The van der Waals surface area contributed by atoms with Crippen LogP contribution in [0, 0.1) is 5.92 Å². The molecule has 2 heterocycles. The van der Waals surface area contributed by atoms with Crippen molar-refractivity contribution in [3.05, 3.63) is 53.9 Å². The van der Waals surface area contributed by atoms with Crippen molar-refractivity contribution in [1.29, 1.82) is 0 Å². The number of nitrogens with zero attached hydrogens (tertiary/aromatic N) is 1. The molecule has 4 atom stereocenters. The highest BCUT2D eigenvalue weighted by molar-refractivity contribution is 5.98. The van der Waals surface area contributed by atoms with E-state index in [4.69, 9.17) is 18.9 Å². The summed E-state index contributed by atoms with van der Waals surface area (Å²) in [5.41, 5.74) is 0.977. The molecule has 200 valence electrons. The number of hydrogen-bond donors (Lipinski definition) is 2. The molecular formula is C28H36N2O7. The summed E-state index contributed by atoms with van der Waals surface area (Å²) in [7, 11) is 1.37. The van der Waals surface area contributed by atoms with Gasteiger partial charge in [0.15, 0.2) is 23.2 Å². The highest BCUT2D eigenvalue weighted by Gasteiger charge is 2.37. The van der Waals surface area contributed by atoms with E-state index in [1.54, 1.807) is 0 Å². The number of benzene rings is 1. The molecule has 1 saturated heterocycles. The minimum Gasteiger partial charge on any atom is -0.503 e. The first-order valence-electron chi connectivity index (χ1n) is 13.0. The normalized spacial score (nSPS) is 25.0. The van der Waals surface area contributed by atoms with Gasteiger partial charge in [-0.1, -0.05) is 43.2 Å². The molecule has 1 aromatic heterocycles. The number of cyclic esters (lactones) is 1. The SMILES string of the molecule is COc1ccnc(C(=O)N[C@H]2COC[C@H](CCc3ccccc3)[C@@H](OC3CCCC3)[C@H](C)OC2=O)c1O. The number of esters is 1. The molecule has 9 heteroatoms. The minimum atomic E-state index is -1.07. The molecule has 0 spiro atoms. The van der Waals surface area contributed by atoms with Crippen molar-refractivity contribution in [3.63, 3.8) is 0 Å². The highest BCUT2D eigenvalue weighted by atomic mass is 16.6. The number of carbonyl (C=O) groups is 2. The van der Waals surface area contributed by atoms with Gasteiger partial charge in [0.25, 0.3) is 5.91 Å². The third kappa shape index (κ3) is 6.99. The number of pyridine rings is 1. The molecule has 0 unspecified atom stereocenters. The Labute approximate surface area is 217 Å². The Morgan fingerprint density at radius 3 is 2.65 bits per heavy atom. The van der Waals surface area contributed by atoms with Crippen LogP contribution in [0.2, 0.25) is 0 Å². The maximum Gasteiger partial charge on any atom is 0.331 e. The number of aromatic nitrogens is 1. The number of aryl methyl sites for hydroxylation is 1. The quantitative estimate of drug-likeness (QED) is 0.517.